The fourth-order valence-corrected chi connectivity index (χ4v) is 0. The van der Waals surface area contributed by atoms with Crippen molar-refractivity contribution in [2.24, 2.45) is 0 Å². The molecule has 2 heteroatoms. The van der Waals surface area contributed by atoms with Crippen LogP contribution in [0.4, 0.5) is 0 Å². The molecule has 0 fully saturated rings. The van der Waals surface area contributed by atoms with Crippen LogP contribution >= 0.6 is 0 Å². The molecule has 0 amide bonds. The van der Waals surface area contributed by atoms with E-state index in [1.807, 2.05) is 0 Å². The zero-order valence-electron chi connectivity index (χ0n) is 7.29. The van der Waals surface area contributed by atoms with Gasteiger partial charge in [-0.05, 0) is 34.0 Å². The Morgan fingerprint density at radius 1 is 1.40 bits per heavy atom. The zero-order chi connectivity index (χ0) is 8.57. The number of allylic oxidation sites excluding steroid dienone is 1. The molecule has 0 atom stereocenters. The van der Waals surface area contributed by atoms with Gasteiger partial charge in [-0.25, -0.2) is 0 Å². The summed E-state index contributed by atoms with van der Waals surface area (Å²) in [6.07, 6.45) is 1.83. The van der Waals surface area contributed by atoms with Crippen molar-refractivity contribution in [3.8, 4) is 0 Å². The minimum atomic E-state index is 0.639. The van der Waals surface area contributed by atoms with Gasteiger partial charge in [-0.15, -0.1) is 0 Å². The summed E-state index contributed by atoms with van der Waals surface area (Å²) >= 11 is 0. The molecule has 0 saturated heterocycles. The summed E-state index contributed by atoms with van der Waals surface area (Å²) < 4.78 is 0. The second-order valence-corrected chi connectivity index (χ2v) is 2.43. The molecule has 0 aliphatic carbocycles. The van der Waals surface area contributed by atoms with Gasteiger partial charge in [0, 0.05) is 6.04 Å². The molecule has 0 aliphatic heterocycles. The smallest absolute Gasteiger partial charge is 0.142 e. The fourth-order valence-electron chi connectivity index (χ4n) is 0. The van der Waals surface area contributed by atoms with E-state index in [1.54, 1.807) is 0 Å². The molecule has 0 aromatic rings. The molecule has 0 aromatic heterocycles. The van der Waals surface area contributed by atoms with E-state index in [4.69, 9.17) is 4.79 Å². The highest BCUT2D eigenvalue weighted by Crippen LogP contribution is 1.84. The molecular weight excluding hydrogens is 126 g/mol. The molecule has 0 saturated carbocycles. The number of aldehydes is 1. The number of hydrogen-bond donors (Lipinski definition) is 0. The van der Waals surface area contributed by atoms with Crippen LogP contribution in [0, 0.1) is 0 Å². The van der Waals surface area contributed by atoms with Gasteiger partial charge < -0.3 is 4.90 Å². The number of nitrogens with zero attached hydrogens (tertiary/aromatic N) is 1. The van der Waals surface area contributed by atoms with Gasteiger partial charge in [0.05, 0.1) is 0 Å². The van der Waals surface area contributed by atoms with Gasteiger partial charge in [0.15, 0.2) is 0 Å². The van der Waals surface area contributed by atoms with Crippen molar-refractivity contribution < 1.29 is 4.79 Å². The van der Waals surface area contributed by atoms with E-state index in [1.165, 1.54) is 6.08 Å². The maximum Gasteiger partial charge on any atom is 0.142 e. The Hall–Kier alpha value is -0.630. The molecule has 0 heterocycles. The van der Waals surface area contributed by atoms with Crippen LogP contribution in [-0.2, 0) is 4.79 Å². The normalized spacial score (nSPS) is 8.60. The highest BCUT2D eigenvalue weighted by atomic mass is 16.1. The average Bonchev–Trinajstić information content (AvgIpc) is 1.89. The van der Waals surface area contributed by atoms with Gasteiger partial charge in [0.2, 0.25) is 0 Å². The van der Waals surface area contributed by atoms with Crippen molar-refractivity contribution in [1.29, 1.82) is 0 Å². The van der Waals surface area contributed by atoms with Crippen LogP contribution in [-0.4, -0.2) is 31.3 Å². The molecule has 2 nitrogen and oxygen atoms in total. The van der Waals surface area contributed by atoms with Gasteiger partial charge in [-0.3, -0.25) is 4.79 Å². The first-order chi connectivity index (χ1) is 4.56. The van der Waals surface area contributed by atoms with Crippen molar-refractivity contribution >= 4 is 6.29 Å². The standard InChI is InChI=1S/C5H13N.C3H4O/c1-5(2)6(3)4;1-2-3-4/h5H,1-4H3;2-3H,1H2. The Morgan fingerprint density at radius 2 is 1.60 bits per heavy atom. The minimum Gasteiger partial charge on any atom is -0.307 e. The highest BCUT2D eigenvalue weighted by Gasteiger charge is 1.90. The van der Waals surface area contributed by atoms with Crippen LogP contribution in [0.25, 0.3) is 0 Å². The van der Waals surface area contributed by atoms with Crippen LogP contribution in [0.15, 0.2) is 12.7 Å². The quantitative estimate of drug-likeness (QED) is 0.429. The van der Waals surface area contributed by atoms with E-state index in [0.717, 1.165) is 0 Å². The fraction of sp³-hybridized carbons (Fsp3) is 0.625. The number of carbonyl (C=O) groups is 1. The van der Waals surface area contributed by atoms with E-state index < -0.39 is 0 Å². The van der Waals surface area contributed by atoms with Gasteiger partial charge >= 0.3 is 0 Å². The third-order valence-electron chi connectivity index (χ3n) is 1.13. The SMILES string of the molecule is C=CC=O.CC(C)N(C)C. The number of hydrogen-bond acceptors (Lipinski definition) is 2. The van der Waals surface area contributed by atoms with Crippen LogP contribution in [0.5, 0.6) is 0 Å². The van der Waals surface area contributed by atoms with E-state index in [9.17, 15) is 0 Å². The first-order valence-electron chi connectivity index (χ1n) is 3.28. The lowest BCUT2D eigenvalue weighted by Gasteiger charge is -2.12. The van der Waals surface area contributed by atoms with Crippen molar-refractivity contribution in [2.45, 2.75) is 19.9 Å². The lowest BCUT2D eigenvalue weighted by molar-refractivity contribution is -0.104. The zero-order valence-corrected chi connectivity index (χ0v) is 7.29. The molecule has 0 aliphatic rings. The predicted molar refractivity (Wildman–Crippen MR) is 45.1 cm³/mol. The summed E-state index contributed by atoms with van der Waals surface area (Å²) in [6, 6.07) is 0.685. The maximum absolute atomic E-state index is 9.06. The summed E-state index contributed by atoms with van der Waals surface area (Å²) in [6.45, 7) is 7.44. The van der Waals surface area contributed by atoms with Gasteiger partial charge in [0.1, 0.15) is 6.29 Å². The minimum absolute atomic E-state index is 0.639. The van der Waals surface area contributed by atoms with Gasteiger partial charge in [-0.1, -0.05) is 6.58 Å². The predicted octanol–water partition coefficient (Wildman–Crippen LogP) is 1.33. The Labute approximate surface area is 63.5 Å². The highest BCUT2D eigenvalue weighted by molar-refractivity contribution is 5.63. The van der Waals surface area contributed by atoms with E-state index >= 15 is 0 Å². The summed E-state index contributed by atoms with van der Waals surface area (Å²) in [5, 5.41) is 0. The van der Waals surface area contributed by atoms with E-state index in [2.05, 4.69) is 39.4 Å². The summed E-state index contributed by atoms with van der Waals surface area (Å²) in [4.78, 5) is 11.2. The van der Waals surface area contributed by atoms with Crippen molar-refractivity contribution in [3.05, 3.63) is 12.7 Å². The molecule has 0 radical (unpaired) electrons. The molecule has 0 N–H and O–H groups in total. The van der Waals surface area contributed by atoms with Crippen LogP contribution in [0.2, 0.25) is 0 Å². The van der Waals surface area contributed by atoms with Crippen molar-refractivity contribution in [1.82, 2.24) is 4.90 Å². The van der Waals surface area contributed by atoms with Crippen LogP contribution in [0.1, 0.15) is 13.8 Å². The van der Waals surface area contributed by atoms with Crippen LogP contribution in [0.3, 0.4) is 0 Å². The first-order valence-corrected chi connectivity index (χ1v) is 3.28. The van der Waals surface area contributed by atoms with Crippen molar-refractivity contribution in [2.75, 3.05) is 14.1 Å². The summed E-state index contributed by atoms with van der Waals surface area (Å²) in [7, 11) is 4.15. The van der Waals surface area contributed by atoms with E-state index in [0.29, 0.717) is 12.3 Å². The first kappa shape index (κ1) is 12.1. The Balaban J connectivity index is 0. The monoisotopic (exact) mass is 143 g/mol. The molecule has 0 bridgehead atoms. The van der Waals surface area contributed by atoms with E-state index in [-0.39, 0.29) is 0 Å². The summed E-state index contributed by atoms with van der Waals surface area (Å²) in [5.41, 5.74) is 0. The Bertz CT molecular complexity index is 75.3. The molecular formula is C8H17NO. The topological polar surface area (TPSA) is 20.3 Å². The molecule has 0 unspecified atom stereocenters. The Morgan fingerprint density at radius 3 is 1.60 bits per heavy atom. The Kier molecular flexibility index (Phi) is 10.1. The molecule has 0 aromatic carbocycles. The van der Waals surface area contributed by atoms with Gasteiger partial charge in [-0.2, -0.15) is 0 Å². The lowest BCUT2D eigenvalue weighted by atomic mass is 10.4. The molecule has 10 heavy (non-hydrogen) atoms. The molecule has 0 spiro atoms. The summed E-state index contributed by atoms with van der Waals surface area (Å²) in [5.74, 6) is 0. The largest absolute Gasteiger partial charge is 0.307 e. The third kappa shape index (κ3) is 15.7. The third-order valence-corrected chi connectivity index (χ3v) is 1.13. The average molecular weight is 143 g/mol. The van der Waals surface area contributed by atoms with Gasteiger partial charge in [0.25, 0.3) is 0 Å². The number of rotatable bonds is 2. The maximum atomic E-state index is 9.06. The lowest BCUT2D eigenvalue weighted by Crippen LogP contribution is -2.20. The van der Waals surface area contributed by atoms with Crippen molar-refractivity contribution in [3.63, 3.8) is 0 Å². The number of carbonyl (C=O) groups excluding carboxylic acids is 1. The molecule has 60 valence electrons. The molecule has 0 rings (SSSR count). The second kappa shape index (κ2) is 8.37. The second-order valence-electron chi connectivity index (χ2n) is 2.43. The van der Waals surface area contributed by atoms with Crippen LogP contribution < -0.4 is 0 Å².